The Hall–Kier alpha value is -2.11. The van der Waals surface area contributed by atoms with E-state index in [4.69, 9.17) is 16.6 Å². The van der Waals surface area contributed by atoms with E-state index >= 15 is 0 Å². The Morgan fingerprint density at radius 1 is 1.15 bits per heavy atom. The van der Waals surface area contributed by atoms with Crippen molar-refractivity contribution in [1.29, 1.82) is 0 Å². The highest BCUT2D eigenvalue weighted by Crippen LogP contribution is 2.30. The van der Waals surface area contributed by atoms with Crippen molar-refractivity contribution in [3.8, 4) is 0 Å². The number of nitrogens with zero attached hydrogens (tertiary/aromatic N) is 3. The second-order valence-corrected chi connectivity index (χ2v) is 7.12. The van der Waals surface area contributed by atoms with Crippen LogP contribution in [0.5, 0.6) is 0 Å². The van der Waals surface area contributed by atoms with E-state index < -0.39 is 0 Å². The summed E-state index contributed by atoms with van der Waals surface area (Å²) in [6.07, 6.45) is 3.08. The molecule has 1 aliphatic rings. The number of imidazole rings is 1. The minimum atomic E-state index is -0.321. The van der Waals surface area contributed by atoms with Gasteiger partial charge in [0.05, 0.1) is 30.2 Å². The fourth-order valence-electron chi connectivity index (χ4n) is 3.73. The molecule has 1 aromatic heterocycles. The molecule has 1 N–H and O–H groups in total. The quantitative estimate of drug-likeness (QED) is 0.744. The molecule has 3 aromatic rings. The first kappa shape index (κ1) is 17.3. The van der Waals surface area contributed by atoms with Crippen LogP contribution in [0.25, 0.3) is 11.0 Å². The van der Waals surface area contributed by atoms with E-state index in [0.29, 0.717) is 17.1 Å². The lowest BCUT2D eigenvalue weighted by Gasteiger charge is -2.35. The number of benzene rings is 2. The highest BCUT2D eigenvalue weighted by Gasteiger charge is 2.27. The summed E-state index contributed by atoms with van der Waals surface area (Å²) >= 11 is 6.26. The van der Waals surface area contributed by atoms with Crippen molar-refractivity contribution in [3.05, 3.63) is 58.9 Å². The normalized spacial score (nSPS) is 17.8. The molecular weight excluding hydrogens is 353 g/mol. The molecule has 136 valence electrons. The van der Waals surface area contributed by atoms with E-state index in [2.05, 4.69) is 4.90 Å². The molecule has 0 spiro atoms. The van der Waals surface area contributed by atoms with Gasteiger partial charge in [0, 0.05) is 17.1 Å². The third-order valence-corrected chi connectivity index (χ3v) is 5.46. The van der Waals surface area contributed by atoms with Gasteiger partial charge in [0.25, 0.3) is 0 Å². The van der Waals surface area contributed by atoms with Gasteiger partial charge in [0.2, 0.25) is 5.95 Å². The van der Waals surface area contributed by atoms with Crippen LogP contribution in [0.15, 0.2) is 42.5 Å². The first-order valence-corrected chi connectivity index (χ1v) is 9.32. The first-order chi connectivity index (χ1) is 12.7. The minimum absolute atomic E-state index is 0.0374. The molecule has 4 rings (SSSR count). The van der Waals surface area contributed by atoms with E-state index in [9.17, 15) is 9.50 Å². The van der Waals surface area contributed by atoms with Crippen LogP contribution in [0, 0.1) is 5.82 Å². The zero-order valence-corrected chi connectivity index (χ0v) is 15.2. The maximum Gasteiger partial charge on any atom is 0.207 e. The van der Waals surface area contributed by atoms with Crippen molar-refractivity contribution in [2.75, 3.05) is 18.1 Å². The molecule has 1 unspecified atom stereocenters. The first-order valence-electron chi connectivity index (χ1n) is 8.94. The Kier molecular flexibility index (Phi) is 4.83. The molecule has 0 saturated carbocycles. The molecule has 0 radical (unpaired) electrons. The fraction of sp³-hybridized carbons (Fsp3) is 0.350. The van der Waals surface area contributed by atoms with E-state index in [-0.39, 0.29) is 18.5 Å². The third-order valence-electron chi connectivity index (χ3n) is 5.11. The number of aliphatic hydroxyl groups is 1. The number of halogens is 2. The lowest BCUT2D eigenvalue weighted by Crippen LogP contribution is -2.43. The zero-order valence-electron chi connectivity index (χ0n) is 14.4. The van der Waals surface area contributed by atoms with Gasteiger partial charge in [-0.3, -0.25) is 0 Å². The molecule has 0 bridgehead atoms. The van der Waals surface area contributed by atoms with Gasteiger partial charge in [-0.25, -0.2) is 9.37 Å². The van der Waals surface area contributed by atoms with Gasteiger partial charge in [-0.15, -0.1) is 0 Å². The van der Waals surface area contributed by atoms with Crippen molar-refractivity contribution < 1.29 is 9.50 Å². The van der Waals surface area contributed by atoms with Gasteiger partial charge in [0.15, 0.2) is 0 Å². The average molecular weight is 374 g/mol. The Balaban J connectivity index is 1.84. The molecule has 1 fully saturated rings. The summed E-state index contributed by atoms with van der Waals surface area (Å²) in [7, 11) is 0. The van der Waals surface area contributed by atoms with Gasteiger partial charge in [0.1, 0.15) is 5.82 Å². The second-order valence-electron chi connectivity index (χ2n) is 6.71. The SMILES string of the molecule is OCC1CCCCN1c1nc2ccccc2n1Cc1c(F)cccc1Cl. The number of hydrogen-bond acceptors (Lipinski definition) is 3. The van der Waals surface area contributed by atoms with Crippen LogP contribution in [0.3, 0.4) is 0 Å². The molecule has 1 atom stereocenters. The summed E-state index contributed by atoms with van der Waals surface area (Å²) in [6, 6.07) is 12.6. The molecule has 0 aliphatic carbocycles. The van der Waals surface area contributed by atoms with Crippen LogP contribution in [-0.2, 0) is 6.54 Å². The minimum Gasteiger partial charge on any atom is -0.394 e. The van der Waals surface area contributed by atoms with E-state index in [1.165, 1.54) is 6.07 Å². The number of piperidine rings is 1. The molecule has 2 aromatic carbocycles. The van der Waals surface area contributed by atoms with Crippen molar-refractivity contribution in [1.82, 2.24) is 9.55 Å². The van der Waals surface area contributed by atoms with Crippen molar-refractivity contribution >= 4 is 28.6 Å². The number of anilines is 1. The smallest absolute Gasteiger partial charge is 0.207 e. The molecule has 0 amide bonds. The summed E-state index contributed by atoms with van der Waals surface area (Å²) in [5.41, 5.74) is 2.25. The predicted molar refractivity (Wildman–Crippen MR) is 102 cm³/mol. The topological polar surface area (TPSA) is 41.3 Å². The number of rotatable bonds is 4. The largest absolute Gasteiger partial charge is 0.394 e. The number of aromatic nitrogens is 2. The van der Waals surface area contributed by atoms with Gasteiger partial charge in [-0.1, -0.05) is 29.8 Å². The molecule has 2 heterocycles. The number of fused-ring (bicyclic) bond motifs is 1. The summed E-state index contributed by atoms with van der Waals surface area (Å²) in [6.45, 7) is 1.22. The van der Waals surface area contributed by atoms with Crippen LogP contribution in [-0.4, -0.2) is 33.9 Å². The molecule has 1 aliphatic heterocycles. The number of para-hydroxylation sites is 2. The summed E-state index contributed by atoms with van der Waals surface area (Å²) in [4.78, 5) is 6.95. The van der Waals surface area contributed by atoms with Gasteiger partial charge in [-0.05, 0) is 43.5 Å². The molecule has 6 heteroatoms. The Morgan fingerprint density at radius 3 is 2.81 bits per heavy atom. The maximum absolute atomic E-state index is 14.4. The van der Waals surface area contributed by atoms with E-state index in [0.717, 1.165) is 42.8 Å². The molecular formula is C20H21ClFN3O. The lowest BCUT2D eigenvalue weighted by atomic mass is 10.0. The Labute approximate surface area is 156 Å². The van der Waals surface area contributed by atoms with Gasteiger partial charge in [-0.2, -0.15) is 0 Å². The highest BCUT2D eigenvalue weighted by molar-refractivity contribution is 6.31. The van der Waals surface area contributed by atoms with Crippen LogP contribution in [0.1, 0.15) is 24.8 Å². The molecule has 26 heavy (non-hydrogen) atoms. The molecule has 1 saturated heterocycles. The second kappa shape index (κ2) is 7.25. The summed E-state index contributed by atoms with van der Waals surface area (Å²) in [5, 5.41) is 10.2. The van der Waals surface area contributed by atoms with E-state index in [1.807, 2.05) is 28.8 Å². The van der Waals surface area contributed by atoms with E-state index in [1.54, 1.807) is 12.1 Å². The number of hydrogen-bond donors (Lipinski definition) is 1. The zero-order chi connectivity index (χ0) is 18.1. The van der Waals surface area contributed by atoms with Gasteiger partial charge < -0.3 is 14.6 Å². The highest BCUT2D eigenvalue weighted by atomic mass is 35.5. The third kappa shape index (κ3) is 3.06. The van der Waals surface area contributed by atoms with Crippen LogP contribution >= 0.6 is 11.6 Å². The van der Waals surface area contributed by atoms with Gasteiger partial charge >= 0.3 is 0 Å². The summed E-state index contributed by atoms with van der Waals surface area (Å²) in [5.74, 6) is 0.447. The Morgan fingerprint density at radius 2 is 2.00 bits per heavy atom. The Bertz CT molecular complexity index is 906. The van der Waals surface area contributed by atoms with Crippen molar-refractivity contribution in [2.24, 2.45) is 0 Å². The van der Waals surface area contributed by atoms with Crippen LogP contribution in [0.2, 0.25) is 5.02 Å². The predicted octanol–water partition coefficient (Wildman–Crippen LogP) is 4.23. The summed E-state index contributed by atoms with van der Waals surface area (Å²) < 4.78 is 16.4. The number of aliphatic hydroxyl groups excluding tert-OH is 1. The lowest BCUT2D eigenvalue weighted by molar-refractivity contribution is 0.238. The van der Waals surface area contributed by atoms with Crippen molar-refractivity contribution in [3.63, 3.8) is 0 Å². The maximum atomic E-state index is 14.4. The molecule has 4 nitrogen and oxygen atoms in total. The van der Waals surface area contributed by atoms with Crippen molar-refractivity contribution in [2.45, 2.75) is 31.8 Å². The monoisotopic (exact) mass is 373 g/mol. The van der Waals surface area contributed by atoms with Crippen LogP contribution < -0.4 is 4.90 Å². The van der Waals surface area contributed by atoms with Crippen LogP contribution in [0.4, 0.5) is 10.3 Å². The standard InChI is InChI=1S/C20H21ClFN3O/c21-16-7-5-8-17(22)15(16)12-25-19-10-2-1-9-18(19)23-20(25)24-11-4-3-6-14(24)13-26/h1-2,5,7-10,14,26H,3-4,6,11-13H2. The average Bonchev–Trinajstić information content (AvgIpc) is 3.03. The fourth-order valence-corrected chi connectivity index (χ4v) is 3.96.